The fraction of sp³-hybridized carbons (Fsp3) is 0.933. The Kier molecular flexibility index (Phi) is 27.2. The fourth-order valence-corrected chi connectivity index (χ4v) is 3.31. The lowest BCUT2D eigenvalue weighted by atomic mass is 10.00. The van der Waals surface area contributed by atoms with Gasteiger partial charge in [-0.2, -0.15) is 0 Å². The van der Waals surface area contributed by atoms with Crippen molar-refractivity contribution in [1.29, 1.82) is 0 Å². The van der Waals surface area contributed by atoms with Crippen LogP contribution in [0.25, 0.3) is 0 Å². The Morgan fingerprint density at radius 1 is 0.619 bits per heavy atom. The third-order valence-electron chi connectivity index (χ3n) is 5.71. The molecule has 0 fully saturated rings. The molecule has 12 heteroatoms. The van der Waals surface area contributed by atoms with E-state index in [1.807, 2.05) is 27.7 Å². The van der Waals surface area contributed by atoms with Crippen molar-refractivity contribution in [3.8, 4) is 0 Å². The highest BCUT2D eigenvalue weighted by Gasteiger charge is 2.19. The first-order chi connectivity index (χ1) is 20.2. The highest BCUT2D eigenvalue weighted by atomic mass is 16.6. The van der Waals surface area contributed by atoms with Crippen molar-refractivity contribution in [2.24, 2.45) is 5.92 Å². The van der Waals surface area contributed by atoms with E-state index in [1.54, 1.807) is 7.05 Å². The molecule has 0 aliphatic carbocycles. The first-order valence-electron chi connectivity index (χ1n) is 15.4. The van der Waals surface area contributed by atoms with E-state index in [9.17, 15) is 9.59 Å². The van der Waals surface area contributed by atoms with Gasteiger partial charge in [-0.25, -0.2) is 4.79 Å². The van der Waals surface area contributed by atoms with Gasteiger partial charge >= 0.3 is 12.1 Å². The van der Waals surface area contributed by atoms with Crippen LogP contribution in [0.2, 0.25) is 0 Å². The summed E-state index contributed by atoms with van der Waals surface area (Å²) in [7, 11) is 1.68. The quantitative estimate of drug-likeness (QED) is 0.0911. The molecule has 0 aliphatic rings. The smallest absolute Gasteiger partial charge is 0.410 e. The summed E-state index contributed by atoms with van der Waals surface area (Å²) >= 11 is 0. The van der Waals surface area contributed by atoms with Gasteiger partial charge in [-0.05, 0) is 33.6 Å². The predicted octanol–water partition coefficient (Wildman–Crippen LogP) is 3.73. The van der Waals surface area contributed by atoms with Crippen molar-refractivity contribution < 1.29 is 52.2 Å². The normalized spacial score (nSPS) is 12.3. The van der Waals surface area contributed by atoms with Crippen molar-refractivity contribution in [2.75, 3.05) is 113 Å². The first-order valence-corrected chi connectivity index (χ1v) is 15.4. The second kappa shape index (κ2) is 28.2. The van der Waals surface area contributed by atoms with E-state index < -0.39 is 5.60 Å². The summed E-state index contributed by atoms with van der Waals surface area (Å²) in [5.41, 5.74) is -0.509. The van der Waals surface area contributed by atoms with Crippen LogP contribution in [-0.4, -0.2) is 135 Å². The predicted molar refractivity (Wildman–Crippen MR) is 159 cm³/mol. The molecule has 0 saturated heterocycles. The van der Waals surface area contributed by atoms with Crippen molar-refractivity contribution in [3.63, 3.8) is 0 Å². The van der Waals surface area contributed by atoms with E-state index >= 15 is 0 Å². The van der Waals surface area contributed by atoms with Crippen LogP contribution in [0.3, 0.4) is 0 Å². The van der Waals surface area contributed by atoms with Gasteiger partial charge in [0.25, 0.3) is 0 Å². The van der Waals surface area contributed by atoms with E-state index in [-0.39, 0.29) is 24.6 Å². The number of rotatable bonds is 29. The van der Waals surface area contributed by atoms with Crippen molar-refractivity contribution in [3.05, 3.63) is 0 Å². The zero-order valence-corrected chi connectivity index (χ0v) is 27.2. The molecule has 0 saturated carbocycles. The minimum absolute atomic E-state index is 0.00509. The van der Waals surface area contributed by atoms with Crippen LogP contribution < -0.4 is 0 Å². The number of carbonyl (C=O) groups is 2. The van der Waals surface area contributed by atoms with Crippen LogP contribution in [0, 0.1) is 5.92 Å². The van der Waals surface area contributed by atoms with Crippen LogP contribution in [0.5, 0.6) is 0 Å². The van der Waals surface area contributed by atoms with Gasteiger partial charge in [0.1, 0.15) is 12.2 Å². The second-order valence-corrected chi connectivity index (χ2v) is 10.6. The lowest BCUT2D eigenvalue weighted by molar-refractivity contribution is -0.150. The molecule has 1 unspecified atom stereocenters. The third-order valence-corrected chi connectivity index (χ3v) is 5.71. The molecular weight excluding hydrogens is 550 g/mol. The van der Waals surface area contributed by atoms with Gasteiger partial charge in [-0.1, -0.05) is 26.7 Å². The van der Waals surface area contributed by atoms with Crippen LogP contribution >= 0.6 is 0 Å². The van der Waals surface area contributed by atoms with E-state index in [0.29, 0.717) is 99.0 Å². The summed E-state index contributed by atoms with van der Waals surface area (Å²) in [4.78, 5) is 25.3. The topological polar surface area (TPSA) is 120 Å². The van der Waals surface area contributed by atoms with E-state index in [4.69, 9.17) is 42.6 Å². The van der Waals surface area contributed by atoms with Crippen LogP contribution in [0.15, 0.2) is 0 Å². The van der Waals surface area contributed by atoms with Gasteiger partial charge in [0, 0.05) is 13.6 Å². The molecule has 0 bridgehead atoms. The van der Waals surface area contributed by atoms with Gasteiger partial charge in [0.05, 0.1) is 98.4 Å². The molecule has 0 aliphatic heterocycles. The number of hydrogen-bond acceptors (Lipinski definition) is 11. The van der Waals surface area contributed by atoms with Crippen LogP contribution in [0.4, 0.5) is 4.79 Å². The number of nitrogens with zero attached hydrogens (tertiary/aromatic N) is 1. The molecule has 0 N–H and O–H groups in total. The van der Waals surface area contributed by atoms with Gasteiger partial charge in [0.15, 0.2) is 0 Å². The molecule has 0 aromatic heterocycles. The fourth-order valence-electron chi connectivity index (χ4n) is 3.31. The van der Waals surface area contributed by atoms with Crippen molar-refractivity contribution in [1.82, 2.24) is 4.90 Å². The molecule has 0 aromatic carbocycles. The Bertz CT molecular complexity index is 631. The summed E-state index contributed by atoms with van der Waals surface area (Å²) in [6.45, 7) is 16.8. The maximum absolute atomic E-state index is 12.0. The molecular formula is C30H59NO11. The Morgan fingerprint density at radius 2 is 1.00 bits per heavy atom. The van der Waals surface area contributed by atoms with E-state index in [0.717, 1.165) is 25.7 Å². The third kappa shape index (κ3) is 27.3. The van der Waals surface area contributed by atoms with Gasteiger partial charge in [-0.15, -0.1) is 0 Å². The molecule has 12 nitrogen and oxygen atoms in total. The maximum atomic E-state index is 12.0. The highest BCUT2D eigenvalue weighted by Crippen LogP contribution is 2.14. The molecule has 0 heterocycles. The van der Waals surface area contributed by atoms with Crippen LogP contribution in [0.1, 0.15) is 60.3 Å². The summed E-state index contributed by atoms with van der Waals surface area (Å²) in [5.74, 6) is -0.128. The summed E-state index contributed by atoms with van der Waals surface area (Å²) in [6, 6.07) is 0. The molecule has 1 amide bonds. The first kappa shape index (κ1) is 40.5. The number of carbonyl (C=O) groups excluding carboxylic acids is 2. The number of hydrogen-bond donors (Lipinski definition) is 0. The Labute approximate surface area is 253 Å². The largest absolute Gasteiger partial charge is 0.463 e. The average Bonchev–Trinajstić information content (AvgIpc) is 2.94. The zero-order chi connectivity index (χ0) is 31.3. The number of likely N-dealkylation sites (N-methyl/N-ethyl adjacent to an activating group) is 1. The maximum Gasteiger partial charge on any atom is 0.410 e. The monoisotopic (exact) mass is 609 g/mol. The van der Waals surface area contributed by atoms with Crippen molar-refractivity contribution >= 4 is 12.1 Å². The molecule has 0 spiro atoms. The molecule has 1 atom stereocenters. The number of unbranched alkanes of at least 4 members (excludes halogenated alkanes) is 1. The summed E-state index contributed by atoms with van der Waals surface area (Å²) in [5, 5.41) is 0. The molecule has 250 valence electrons. The lowest BCUT2D eigenvalue weighted by Gasteiger charge is -2.24. The summed E-state index contributed by atoms with van der Waals surface area (Å²) in [6.07, 6.45) is 3.46. The van der Waals surface area contributed by atoms with Crippen molar-refractivity contribution in [2.45, 2.75) is 65.9 Å². The molecule has 0 rings (SSSR count). The second-order valence-electron chi connectivity index (χ2n) is 10.6. The zero-order valence-electron chi connectivity index (χ0n) is 27.2. The highest BCUT2D eigenvalue weighted by molar-refractivity contribution is 5.72. The SMILES string of the molecule is CCCCC(CC)C(=O)OCCOCCOCCOCCOCCOCCOCCOCCN(C)C(=O)OC(C)(C)C. The molecule has 42 heavy (non-hydrogen) atoms. The Hall–Kier alpha value is -1.54. The lowest BCUT2D eigenvalue weighted by Crippen LogP contribution is -2.36. The standard InChI is InChI=1S/C30H59NO11/c1-7-9-10-27(8-2)28(32)41-26-25-40-24-23-39-22-21-38-20-19-37-18-17-36-16-15-35-14-13-34-12-11-31(6)29(33)42-30(3,4)5/h27H,7-26H2,1-6H3. The average molecular weight is 610 g/mol. The minimum atomic E-state index is -0.509. The Balaban J connectivity index is 3.28. The Morgan fingerprint density at radius 3 is 1.36 bits per heavy atom. The number of ether oxygens (including phenoxy) is 9. The van der Waals surface area contributed by atoms with Gasteiger partial charge < -0.3 is 47.5 Å². The molecule has 0 aromatic rings. The van der Waals surface area contributed by atoms with Gasteiger partial charge in [0.2, 0.25) is 0 Å². The van der Waals surface area contributed by atoms with Crippen LogP contribution in [-0.2, 0) is 47.4 Å². The number of esters is 1. The van der Waals surface area contributed by atoms with E-state index in [1.165, 1.54) is 4.90 Å². The minimum Gasteiger partial charge on any atom is -0.463 e. The number of amides is 1. The summed E-state index contributed by atoms with van der Waals surface area (Å²) < 4.78 is 48.8. The van der Waals surface area contributed by atoms with Gasteiger partial charge in [-0.3, -0.25) is 4.79 Å². The van der Waals surface area contributed by atoms with E-state index in [2.05, 4.69) is 6.92 Å². The molecule has 0 radical (unpaired) electrons.